The maximum absolute atomic E-state index is 14.2. The number of aliphatic hydroxyl groups is 1. The van der Waals surface area contributed by atoms with Gasteiger partial charge in [0.2, 0.25) is 0 Å². The second kappa shape index (κ2) is 12.2. The Kier molecular flexibility index (Phi) is 8.54. The molecule has 4 unspecified atom stereocenters. The van der Waals surface area contributed by atoms with Crippen molar-refractivity contribution >= 4 is 27.6 Å². The monoisotopic (exact) mass is 662 g/mol. The van der Waals surface area contributed by atoms with Gasteiger partial charge in [0.05, 0.1) is 39.1 Å². The Hall–Kier alpha value is -3.67. The second-order valence-electron chi connectivity index (χ2n) is 12.1. The number of amides is 1. The van der Waals surface area contributed by atoms with Crippen LogP contribution in [0.3, 0.4) is 0 Å². The van der Waals surface area contributed by atoms with Crippen molar-refractivity contribution in [2.75, 3.05) is 6.61 Å². The lowest BCUT2D eigenvalue weighted by molar-refractivity contribution is -0.313. The standard InChI is InChI=1S/C30H33F3N6O6S/c1-14-34-26(39(38-14)17-11-18(30(31,32)33)21-20(12-17)46-15(2)35-21)25-23(40)22(36-37-28(41)45-29(3,4)5)24-19(43-25)13-42-27(44-24)16-9-7-6-8-10-16/h6-12,19,22-25,27,36,40H,13H2,1-5H3,(H,37,41)/t19?,22?,23?,24-,25+,27?/m0/s1. The van der Waals surface area contributed by atoms with Gasteiger partial charge in [-0.05, 0) is 46.8 Å². The van der Waals surface area contributed by atoms with Gasteiger partial charge in [0.15, 0.2) is 12.1 Å². The summed E-state index contributed by atoms with van der Waals surface area (Å²) in [6.07, 6.45) is -10.6. The second-order valence-corrected chi connectivity index (χ2v) is 13.3. The van der Waals surface area contributed by atoms with Gasteiger partial charge in [-0.2, -0.15) is 18.3 Å². The fraction of sp³-hybridized carbons (Fsp3) is 0.467. The number of thiazole rings is 1. The molecule has 2 fully saturated rings. The summed E-state index contributed by atoms with van der Waals surface area (Å²) >= 11 is 1.12. The first kappa shape index (κ1) is 32.3. The number of hydrogen-bond acceptors (Lipinski definition) is 11. The average molecular weight is 663 g/mol. The smallest absolute Gasteiger partial charge is 0.422 e. The van der Waals surface area contributed by atoms with Crippen LogP contribution < -0.4 is 10.9 Å². The highest BCUT2D eigenvalue weighted by Crippen LogP contribution is 2.41. The van der Waals surface area contributed by atoms with Crippen LogP contribution in [0.5, 0.6) is 0 Å². The summed E-state index contributed by atoms with van der Waals surface area (Å²) in [7, 11) is 0. The van der Waals surface area contributed by atoms with Gasteiger partial charge in [-0.15, -0.1) is 11.3 Å². The van der Waals surface area contributed by atoms with Crippen molar-refractivity contribution < 1.29 is 42.0 Å². The number of hydrogen-bond donors (Lipinski definition) is 3. The molecule has 0 aliphatic carbocycles. The van der Waals surface area contributed by atoms with Crippen LogP contribution >= 0.6 is 11.3 Å². The van der Waals surface area contributed by atoms with Crippen LogP contribution in [0.4, 0.5) is 18.0 Å². The molecule has 4 heterocycles. The van der Waals surface area contributed by atoms with Crippen LogP contribution in [-0.2, 0) is 25.1 Å². The number of nitrogens with zero attached hydrogens (tertiary/aromatic N) is 4. The molecule has 0 radical (unpaired) electrons. The first-order valence-electron chi connectivity index (χ1n) is 14.5. The Bertz CT molecular complexity index is 1730. The Morgan fingerprint density at radius 1 is 1.11 bits per heavy atom. The maximum atomic E-state index is 14.2. The van der Waals surface area contributed by atoms with E-state index in [0.29, 0.717) is 9.71 Å². The normalized spacial score (nSPS) is 25.3. The summed E-state index contributed by atoms with van der Waals surface area (Å²) in [5, 5.41) is 16.6. The topological polar surface area (TPSA) is 142 Å². The highest BCUT2D eigenvalue weighted by Gasteiger charge is 2.51. The highest BCUT2D eigenvalue weighted by atomic mass is 32.1. The van der Waals surface area contributed by atoms with Gasteiger partial charge in [0, 0.05) is 5.56 Å². The molecule has 6 atom stereocenters. The highest BCUT2D eigenvalue weighted by molar-refractivity contribution is 7.18. The van der Waals surface area contributed by atoms with E-state index < -0.39 is 60.2 Å². The van der Waals surface area contributed by atoms with Gasteiger partial charge < -0.3 is 24.1 Å². The van der Waals surface area contributed by atoms with Crippen molar-refractivity contribution in [2.24, 2.45) is 0 Å². The van der Waals surface area contributed by atoms with Gasteiger partial charge in [-0.1, -0.05) is 30.3 Å². The van der Waals surface area contributed by atoms with Crippen molar-refractivity contribution in [1.29, 1.82) is 0 Å². The number of nitrogens with one attached hydrogen (secondary N) is 2. The molecule has 2 aromatic heterocycles. The Balaban J connectivity index is 1.36. The molecule has 2 saturated heterocycles. The number of aromatic nitrogens is 4. The van der Waals surface area contributed by atoms with Gasteiger partial charge in [0.25, 0.3) is 0 Å². The Morgan fingerprint density at radius 2 is 1.85 bits per heavy atom. The van der Waals surface area contributed by atoms with E-state index in [1.54, 1.807) is 40.7 Å². The largest absolute Gasteiger partial charge is 0.443 e. The average Bonchev–Trinajstić information content (AvgIpc) is 3.55. The first-order chi connectivity index (χ1) is 21.7. The number of fused-ring (bicyclic) bond motifs is 2. The summed E-state index contributed by atoms with van der Waals surface area (Å²) in [5.74, 6) is 0.283. The number of hydrazine groups is 1. The molecule has 2 aliphatic rings. The van der Waals surface area contributed by atoms with E-state index in [4.69, 9.17) is 18.9 Å². The number of halogens is 3. The van der Waals surface area contributed by atoms with Crippen molar-refractivity contribution in [3.8, 4) is 5.69 Å². The number of carbonyl (C=O) groups excluding carboxylic acids is 1. The molecule has 2 aromatic carbocycles. The third-order valence-corrected chi connectivity index (χ3v) is 8.27. The zero-order chi connectivity index (χ0) is 33.0. The lowest BCUT2D eigenvalue weighted by Crippen LogP contribution is -2.66. The number of aliphatic hydroxyl groups excluding tert-OH is 1. The molecular weight excluding hydrogens is 629 g/mol. The number of aryl methyl sites for hydroxylation is 2. The molecule has 246 valence electrons. The number of rotatable bonds is 5. The van der Waals surface area contributed by atoms with Gasteiger partial charge in [-0.3, -0.25) is 5.43 Å². The van der Waals surface area contributed by atoms with E-state index in [1.165, 1.54) is 4.68 Å². The molecule has 3 N–H and O–H groups in total. The van der Waals surface area contributed by atoms with Crippen LogP contribution in [0, 0.1) is 13.8 Å². The van der Waals surface area contributed by atoms with Crippen molar-refractivity contribution in [3.63, 3.8) is 0 Å². The molecule has 2 aliphatic heterocycles. The summed E-state index contributed by atoms with van der Waals surface area (Å²) in [6, 6.07) is 10.7. The summed E-state index contributed by atoms with van der Waals surface area (Å²) in [5.41, 5.74) is 4.25. The molecule has 16 heteroatoms. The number of ether oxygens (including phenoxy) is 4. The molecule has 12 nitrogen and oxygen atoms in total. The molecule has 1 amide bonds. The van der Waals surface area contributed by atoms with E-state index in [1.807, 2.05) is 30.3 Å². The van der Waals surface area contributed by atoms with Gasteiger partial charge in [0.1, 0.15) is 35.8 Å². The van der Waals surface area contributed by atoms with E-state index in [2.05, 4.69) is 25.9 Å². The van der Waals surface area contributed by atoms with Crippen molar-refractivity contribution in [1.82, 2.24) is 30.6 Å². The maximum Gasteiger partial charge on any atom is 0.422 e. The first-order valence-corrected chi connectivity index (χ1v) is 15.3. The van der Waals surface area contributed by atoms with Crippen LogP contribution in [0.2, 0.25) is 0 Å². The minimum Gasteiger partial charge on any atom is -0.443 e. The fourth-order valence-electron chi connectivity index (χ4n) is 5.51. The predicted molar refractivity (Wildman–Crippen MR) is 159 cm³/mol. The van der Waals surface area contributed by atoms with E-state index in [0.717, 1.165) is 23.0 Å². The molecule has 6 rings (SSSR count). The number of carbonyl (C=O) groups is 1. The SMILES string of the molecule is Cc1nc([C@@H]2OC3COC(c4ccccc4)O[C@@H]3C(NNC(=O)OC(C)(C)C)C2O)n(-c2cc(C(F)(F)F)c3nc(C)sc3c2)n1. The lowest BCUT2D eigenvalue weighted by atomic mass is 9.91. The zero-order valence-corrected chi connectivity index (χ0v) is 26.3. The lowest BCUT2D eigenvalue weighted by Gasteiger charge is -2.48. The van der Waals surface area contributed by atoms with Crippen LogP contribution in [0.25, 0.3) is 15.9 Å². The van der Waals surface area contributed by atoms with Crippen molar-refractivity contribution in [2.45, 2.75) is 83.1 Å². The predicted octanol–water partition coefficient (Wildman–Crippen LogP) is 4.83. The van der Waals surface area contributed by atoms with E-state index >= 15 is 0 Å². The van der Waals surface area contributed by atoms with Gasteiger partial charge >= 0.3 is 12.3 Å². The van der Waals surface area contributed by atoms with Gasteiger partial charge in [-0.25, -0.2) is 24.9 Å². The van der Waals surface area contributed by atoms with Crippen LogP contribution in [-0.4, -0.2) is 67.5 Å². The van der Waals surface area contributed by atoms with E-state index in [9.17, 15) is 23.1 Å². The molecule has 46 heavy (non-hydrogen) atoms. The summed E-state index contributed by atoms with van der Waals surface area (Å²) < 4.78 is 67.9. The van der Waals surface area contributed by atoms with Crippen LogP contribution in [0.1, 0.15) is 60.9 Å². The molecule has 0 spiro atoms. The quantitative estimate of drug-likeness (QED) is 0.255. The molecule has 4 aromatic rings. The fourth-order valence-corrected chi connectivity index (χ4v) is 6.40. The summed E-state index contributed by atoms with van der Waals surface area (Å²) in [4.78, 5) is 21.1. The van der Waals surface area contributed by atoms with E-state index in [-0.39, 0.29) is 29.5 Å². The minimum atomic E-state index is -4.69. The minimum absolute atomic E-state index is 0.0372. The number of alkyl halides is 3. The number of benzene rings is 2. The third kappa shape index (κ3) is 6.59. The molecular formula is C30H33F3N6O6S. The molecule has 0 saturated carbocycles. The summed E-state index contributed by atoms with van der Waals surface area (Å²) in [6.45, 7) is 8.37. The third-order valence-electron chi connectivity index (χ3n) is 7.35. The Morgan fingerprint density at radius 3 is 2.54 bits per heavy atom. The molecule has 0 bridgehead atoms. The van der Waals surface area contributed by atoms with Crippen molar-refractivity contribution in [3.05, 3.63) is 70.2 Å². The Labute approximate surface area is 265 Å². The van der Waals surface area contributed by atoms with Crippen LogP contribution in [0.15, 0.2) is 42.5 Å². The zero-order valence-electron chi connectivity index (χ0n) is 25.5.